The third-order valence-corrected chi connectivity index (χ3v) is 8.05. The largest absolute Gasteiger partial charge is 0.426 e. The summed E-state index contributed by atoms with van der Waals surface area (Å²) >= 11 is 0. The fraction of sp³-hybridized carbons (Fsp3) is 0.571. The van der Waals surface area contributed by atoms with Crippen molar-refractivity contribution in [1.29, 1.82) is 0 Å². The zero-order valence-electron chi connectivity index (χ0n) is 32.4. The third kappa shape index (κ3) is 16.3. The van der Waals surface area contributed by atoms with Gasteiger partial charge in [0, 0.05) is 24.0 Å². The molecule has 0 atom stereocenters. The van der Waals surface area contributed by atoms with Gasteiger partial charge in [-0.15, -0.1) is 0 Å². The molecule has 52 heavy (non-hydrogen) atoms. The molecule has 2 aromatic rings. The van der Waals surface area contributed by atoms with E-state index >= 15 is 0 Å². The minimum absolute atomic E-state index is 0.0411. The first kappa shape index (κ1) is 43.8. The van der Waals surface area contributed by atoms with Crippen molar-refractivity contribution in [3.8, 4) is 11.5 Å². The third-order valence-electron chi connectivity index (χ3n) is 8.05. The number of hydrogen-bond donors (Lipinski definition) is 0. The van der Waals surface area contributed by atoms with Crippen molar-refractivity contribution in [1.82, 2.24) is 0 Å². The molecule has 0 amide bonds. The Labute approximate surface area is 309 Å². The normalized spacial score (nSPS) is 11.5. The van der Waals surface area contributed by atoms with Crippen LogP contribution in [0.4, 0.5) is 0 Å². The maximum atomic E-state index is 13.4. The van der Waals surface area contributed by atoms with E-state index in [1.54, 1.807) is 0 Å². The van der Waals surface area contributed by atoms with Gasteiger partial charge < -0.3 is 9.47 Å². The van der Waals surface area contributed by atoms with Crippen LogP contribution in [-0.2, 0) is 19.4 Å². The molecule has 0 radical (unpaired) electrons. The van der Waals surface area contributed by atoms with Gasteiger partial charge in [-0.2, -0.15) is 0 Å². The van der Waals surface area contributed by atoms with E-state index in [4.69, 9.17) is 19.2 Å². The van der Waals surface area contributed by atoms with E-state index in [1.165, 1.54) is 36.4 Å². The highest BCUT2D eigenvalue weighted by Gasteiger charge is 2.27. The standard InChI is InChI=1S/C42H58O10/c1-9-11-13-15-17-19-33(43)29-21-23-35(49-37(45)27-41(3,4)5)31(25-29)39(47)51-52-40(48)32-26-30(34(44)20-18-16-14-12-10-2)22-24-36(32)50-38(46)28-42(6,7)8/h21-26H,9-20,27-28H2,1-8H3. The van der Waals surface area contributed by atoms with E-state index in [0.29, 0.717) is 12.8 Å². The van der Waals surface area contributed by atoms with Crippen molar-refractivity contribution in [2.45, 2.75) is 145 Å². The average Bonchev–Trinajstić information content (AvgIpc) is 3.05. The SMILES string of the molecule is CCCCCCCC(=O)c1ccc(OC(=O)CC(C)(C)C)c(C(=O)OOC(=O)c2cc(C(=O)CCCCCCC)ccc2OC(=O)CC(C)(C)C)c1. The molecule has 0 unspecified atom stereocenters. The molecule has 0 aliphatic rings. The number of ketones is 2. The average molecular weight is 723 g/mol. The molecule has 10 nitrogen and oxygen atoms in total. The van der Waals surface area contributed by atoms with Crippen LogP contribution in [0.25, 0.3) is 0 Å². The van der Waals surface area contributed by atoms with Gasteiger partial charge in [-0.1, -0.05) is 107 Å². The minimum atomic E-state index is -1.20. The Hall–Kier alpha value is -4.34. The summed E-state index contributed by atoms with van der Waals surface area (Å²) in [5.74, 6) is -4.36. The Morgan fingerprint density at radius 2 is 0.846 bits per heavy atom. The van der Waals surface area contributed by atoms with Crippen molar-refractivity contribution in [2.75, 3.05) is 0 Å². The molecule has 286 valence electrons. The number of carbonyl (C=O) groups excluding carboxylic acids is 6. The van der Waals surface area contributed by atoms with Gasteiger partial charge in [0.2, 0.25) is 0 Å². The Balaban J connectivity index is 2.36. The second-order valence-corrected chi connectivity index (χ2v) is 15.8. The van der Waals surface area contributed by atoms with Crippen LogP contribution in [-0.4, -0.2) is 35.4 Å². The number of carbonyl (C=O) groups is 6. The number of rotatable bonds is 20. The number of ether oxygens (including phenoxy) is 2. The lowest BCUT2D eigenvalue weighted by Gasteiger charge is -2.18. The lowest BCUT2D eigenvalue weighted by atomic mass is 9.92. The van der Waals surface area contributed by atoms with Gasteiger partial charge in [0.25, 0.3) is 0 Å². The molecule has 0 fully saturated rings. The van der Waals surface area contributed by atoms with Gasteiger partial charge in [-0.05, 0) is 60.1 Å². The molecule has 2 rings (SSSR count). The van der Waals surface area contributed by atoms with E-state index in [2.05, 4.69) is 13.8 Å². The lowest BCUT2D eigenvalue weighted by Crippen LogP contribution is -2.21. The van der Waals surface area contributed by atoms with Crippen molar-refractivity contribution in [2.24, 2.45) is 10.8 Å². The molecule has 0 spiro atoms. The Kier molecular flexibility index (Phi) is 17.9. The molecular weight excluding hydrogens is 664 g/mol. The molecule has 0 aliphatic heterocycles. The molecule has 0 saturated carbocycles. The van der Waals surface area contributed by atoms with Gasteiger partial charge in [-0.3, -0.25) is 19.2 Å². The first-order chi connectivity index (χ1) is 24.4. The number of unbranched alkanes of at least 4 members (excludes halogenated alkanes) is 8. The predicted octanol–water partition coefficient (Wildman–Crippen LogP) is 10.4. The Morgan fingerprint density at radius 1 is 0.500 bits per heavy atom. The summed E-state index contributed by atoms with van der Waals surface area (Å²) in [6, 6.07) is 8.14. The van der Waals surface area contributed by atoms with E-state index in [0.717, 1.165) is 51.4 Å². The van der Waals surface area contributed by atoms with Gasteiger partial charge in [0.05, 0.1) is 12.8 Å². The molecule has 0 bridgehead atoms. The zero-order valence-corrected chi connectivity index (χ0v) is 32.4. The molecule has 10 heteroatoms. The molecule has 0 N–H and O–H groups in total. The fourth-order valence-electron chi connectivity index (χ4n) is 5.32. The second kappa shape index (κ2) is 21.2. The molecule has 0 aliphatic carbocycles. The van der Waals surface area contributed by atoms with Crippen molar-refractivity contribution < 1.29 is 48.0 Å². The van der Waals surface area contributed by atoms with Gasteiger partial charge >= 0.3 is 23.9 Å². The molecule has 2 aromatic carbocycles. The number of hydrogen-bond acceptors (Lipinski definition) is 10. The minimum Gasteiger partial charge on any atom is -0.426 e. The van der Waals surface area contributed by atoms with Crippen molar-refractivity contribution in [3.05, 3.63) is 58.7 Å². The van der Waals surface area contributed by atoms with Crippen LogP contribution in [0.15, 0.2) is 36.4 Å². The van der Waals surface area contributed by atoms with Crippen LogP contribution in [0, 0.1) is 10.8 Å². The number of esters is 2. The van der Waals surface area contributed by atoms with Crippen molar-refractivity contribution >= 4 is 35.4 Å². The van der Waals surface area contributed by atoms with E-state index < -0.39 is 34.7 Å². The molecule has 0 heterocycles. The van der Waals surface area contributed by atoms with Crippen molar-refractivity contribution in [3.63, 3.8) is 0 Å². The molecule has 0 aromatic heterocycles. The second-order valence-electron chi connectivity index (χ2n) is 15.8. The van der Waals surface area contributed by atoms with Crippen LogP contribution in [0.5, 0.6) is 11.5 Å². The summed E-state index contributed by atoms with van der Waals surface area (Å²) in [6.45, 7) is 15.4. The molecule has 0 saturated heterocycles. The summed E-state index contributed by atoms with van der Waals surface area (Å²) in [7, 11) is 0. The monoisotopic (exact) mass is 722 g/mol. The first-order valence-electron chi connectivity index (χ1n) is 18.6. The smallest absolute Gasteiger partial charge is 0.390 e. The molecular formula is C42H58O10. The van der Waals surface area contributed by atoms with E-state index in [-0.39, 0.29) is 71.0 Å². The Bertz CT molecular complexity index is 1430. The highest BCUT2D eigenvalue weighted by Crippen LogP contribution is 2.28. The van der Waals surface area contributed by atoms with Crippen LogP contribution in [0.3, 0.4) is 0 Å². The zero-order chi connectivity index (χ0) is 38.9. The predicted molar refractivity (Wildman–Crippen MR) is 199 cm³/mol. The van der Waals surface area contributed by atoms with E-state index in [1.807, 2.05) is 41.5 Å². The summed E-state index contributed by atoms with van der Waals surface area (Å²) in [6.07, 6.45) is 10.1. The lowest BCUT2D eigenvalue weighted by molar-refractivity contribution is -0.187. The maximum Gasteiger partial charge on any atom is 0.390 e. The van der Waals surface area contributed by atoms with Crippen LogP contribution >= 0.6 is 0 Å². The van der Waals surface area contributed by atoms with Crippen LogP contribution in [0.1, 0.15) is 187 Å². The first-order valence-corrected chi connectivity index (χ1v) is 18.6. The highest BCUT2D eigenvalue weighted by atomic mass is 17.2. The highest BCUT2D eigenvalue weighted by molar-refractivity contribution is 6.02. The van der Waals surface area contributed by atoms with E-state index in [9.17, 15) is 28.8 Å². The maximum absolute atomic E-state index is 13.4. The summed E-state index contributed by atoms with van der Waals surface area (Å²) in [4.78, 5) is 88.2. The quantitative estimate of drug-likeness (QED) is 0.0324. The number of Topliss-reactive ketones (excluding diaryl/α,β-unsaturated/α-hetero) is 2. The van der Waals surface area contributed by atoms with Gasteiger partial charge in [0.1, 0.15) is 22.6 Å². The van der Waals surface area contributed by atoms with Gasteiger partial charge in [0.15, 0.2) is 11.6 Å². The topological polar surface area (TPSA) is 139 Å². The summed E-state index contributed by atoms with van der Waals surface area (Å²) in [5, 5.41) is 0. The van der Waals surface area contributed by atoms with Crippen LogP contribution in [0.2, 0.25) is 0 Å². The van der Waals surface area contributed by atoms with Gasteiger partial charge in [-0.25, -0.2) is 19.4 Å². The van der Waals surface area contributed by atoms with Crippen LogP contribution < -0.4 is 9.47 Å². The summed E-state index contributed by atoms with van der Waals surface area (Å²) < 4.78 is 11.0. The summed E-state index contributed by atoms with van der Waals surface area (Å²) in [5.41, 5.74) is -0.983. The number of benzene rings is 2. The Morgan fingerprint density at radius 3 is 1.17 bits per heavy atom. The fourth-order valence-corrected chi connectivity index (χ4v) is 5.32.